The number of methoxy groups -OCH3 is 1. The van der Waals surface area contributed by atoms with E-state index in [9.17, 15) is 14.7 Å². The van der Waals surface area contributed by atoms with Crippen LogP contribution >= 0.6 is 0 Å². The number of benzene rings is 4. The van der Waals surface area contributed by atoms with Crippen molar-refractivity contribution < 1.29 is 19.4 Å². The predicted octanol–water partition coefficient (Wildman–Crippen LogP) is 6.29. The smallest absolute Gasteiger partial charge is 0.337 e. The second-order valence-corrected chi connectivity index (χ2v) is 8.17. The van der Waals surface area contributed by atoms with Crippen LogP contribution in [-0.4, -0.2) is 29.9 Å². The van der Waals surface area contributed by atoms with Crippen molar-refractivity contribution in [2.75, 3.05) is 12.4 Å². The normalized spacial score (nSPS) is 13.4. The highest BCUT2D eigenvalue weighted by molar-refractivity contribution is 6.43. The molecule has 176 valence electrons. The fraction of sp³-hybridized carbons (Fsp3) is 0.0333. The zero-order valence-corrected chi connectivity index (χ0v) is 19.4. The van der Waals surface area contributed by atoms with Crippen LogP contribution in [0.2, 0.25) is 0 Å². The fourth-order valence-electron chi connectivity index (χ4n) is 4.19. The number of carboxylic acids is 1. The number of esters is 1. The molecule has 0 spiro atoms. The van der Waals surface area contributed by atoms with E-state index in [1.165, 1.54) is 7.11 Å². The van der Waals surface area contributed by atoms with Gasteiger partial charge in [0.15, 0.2) is 0 Å². The summed E-state index contributed by atoms with van der Waals surface area (Å²) in [6.45, 7) is 0. The minimum absolute atomic E-state index is 0.224. The van der Waals surface area contributed by atoms with E-state index in [-0.39, 0.29) is 5.56 Å². The summed E-state index contributed by atoms with van der Waals surface area (Å²) in [5.41, 5.74) is 7.70. The van der Waals surface area contributed by atoms with Crippen LogP contribution in [0.25, 0.3) is 11.3 Å². The van der Waals surface area contributed by atoms with Gasteiger partial charge in [-0.1, -0.05) is 54.6 Å². The maximum atomic E-state index is 11.8. The SMILES string of the molecule is COC(=O)c1ccc(N=C2C(c3ccccc3)=C(Nc3ccc(C(=O)O)cc3)c3ccccc32)cc1. The standard InChI is InChI=1S/C30H22N2O4/c1-36-30(35)21-13-17-23(18-14-21)32-28-25-10-6-5-9-24(25)27(26(28)19-7-3-2-4-8-19)31-22-15-11-20(12-16-22)29(33)34/h2-18,31H,1H3,(H,33,34). The maximum absolute atomic E-state index is 11.8. The molecule has 0 aromatic heterocycles. The highest BCUT2D eigenvalue weighted by Crippen LogP contribution is 2.40. The molecular formula is C30H22N2O4. The second-order valence-electron chi connectivity index (χ2n) is 8.17. The van der Waals surface area contributed by atoms with Crippen molar-refractivity contribution in [3.05, 3.63) is 131 Å². The number of allylic oxidation sites excluding steroid dienone is 1. The summed E-state index contributed by atoms with van der Waals surface area (Å²) < 4.78 is 4.80. The molecule has 6 nitrogen and oxygen atoms in total. The molecule has 6 heteroatoms. The van der Waals surface area contributed by atoms with E-state index in [1.54, 1.807) is 48.5 Å². The number of aliphatic imine (C=N–C) groups is 1. The van der Waals surface area contributed by atoms with Crippen molar-refractivity contribution in [2.24, 2.45) is 4.99 Å². The first-order valence-electron chi connectivity index (χ1n) is 11.3. The molecular weight excluding hydrogens is 452 g/mol. The number of hydrogen-bond donors (Lipinski definition) is 2. The van der Waals surface area contributed by atoms with Gasteiger partial charge in [-0.15, -0.1) is 0 Å². The van der Waals surface area contributed by atoms with Crippen LogP contribution in [0.15, 0.2) is 108 Å². The number of rotatable bonds is 6. The van der Waals surface area contributed by atoms with Crippen molar-refractivity contribution in [3.63, 3.8) is 0 Å². The van der Waals surface area contributed by atoms with E-state index in [4.69, 9.17) is 9.73 Å². The molecule has 2 N–H and O–H groups in total. The van der Waals surface area contributed by atoms with Crippen LogP contribution in [0.1, 0.15) is 37.4 Å². The number of fused-ring (bicyclic) bond motifs is 1. The third kappa shape index (κ3) is 4.40. The average Bonchev–Trinajstić information content (AvgIpc) is 3.22. The Morgan fingerprint density at radius 2 is 1.36 bits per heavy atom. The number of ether oxygens (including phenoxy) is 1. The Morgan fingerprint density at radius 1 is 0.750 bits per heavy atom. The summed E-state index contributed by atoms with van der Waals surface area (Å²) in [5, 5.41) is 12.8. The molecule has 0 amide bonds. The van der Waals surface area contributed by atoms with Gasteiger partial charge in [0.1, 0.15) is 0 Å². The Bertz CT molecular complexity index is 1500. The molecule has 4 aromatic rings. The molecule has 0 saturated heterocycles. The number of nitrogens with one attached hydrogen (secondary N) is 1. The van der Waals surface area contributed by atoms with Crippen LogP contribution in [0.3, 0.4) is 0 Å². The van der Waals surface area contributed by atoms with E-state index < -0.39 is 11.9 Å². The molecule has 0 radical (unpaired) electrons. The van der Waals surface area contributed by atoms with E-state index in [2.05, 4.69) is 5.32 Å². The first-order valence-corrected chi connectivity index (χ1v) is 11.3. The van der Waals surface area contributed by atoms with E-state index in [0.717, 1.165) is 39.4 Å². The van der Waals surface area contributed by atoms with Gasteiger partial charge >= 0.3 is 11.9 Å². The van der Waals surface area contributed by atoms with Crippen molar-refractivity contribution in [3.8, 4) is 0 Å². The molecule has 5 rings (SSSR count). The van der Waals surface area contributed by atoms with E-state index in [1.807, 2.05) is 54.6 Å². The van der Waals surface area contributed by atoms with Crippen molar-refractivity contribution in [1.29, 1.82) is 0 Å². The van der Waals surface area contributed by atoms with E-state index in [0.29, 0.717) is 11.3 Å². The zero-order chi connectivity index (χ0) is 25.1. The highest BCUT2D eigenvalue weighted by atomic mass is 16.5. The van der Waals surface area contributed by atoms with Crippen LogP contribution in [0, 0.1) is 0 Å². The fourth-order valence-corrected chi connectivity index (χ4v) is 4.19. The quantitative estimate of drug-likeness (QED) is 0.321. The number of aromatic carboxylic acids is 1. The molecule has 0 heterocycles. The summed E-state index contributed by atoms with van der Waals surface area (Å²) >= 11 is 0. The van der Waals surface area contributed by atoms with Crippen LogP contribution in [0.4, 0.5) is 11.4 Å². The topological polar surface area (TPSA) is 88.0 Å². The number of hydrogen-bond acceptors (Lipinski definition) is 5. The van der Waals surface area contributed by atoms with Gasteiger partial charge in [-0.25, -0.2) is 14.6 Å². The second kappa shape index (κ2) is 9.72. The Kier molecular flexibility index (Phi) is 6.16. The van der Waals surface area contributed by atoms with Gasteiger partial charge in [0.2, 0.25) is 0 Å². The van der Waals surface area contributed by atoms with Crippen molar-refractivity contribution in [2.45, 2.75) is 0 Å². The van der Waals surface area contributed by atoms with Crippen LogP contribution in [-0.2, 0) is 4.74 Å². The molecule has 0 bridgehead atoms. The molecule has 0 unspecified atom stereocenters. The summed E-state index contributed by atoms with van der Waals surface area (Å²) in [5.74, 6) is -1.37. The Hall–Kier alpha value is -4.97. The summed E-state index contributed by atoms with van der Waals surface area (Å²) in [6.07, 6.45) is 0. The lowest BCUT2D eigenvalue weighted by Gasteiger charge is -2.13. The maximum Gasteiger partial charge on any atom is 0.337 e. The molecule has 0 aliphatic heterocycles. The summed E-state index contributed by atoms with van der Waals surface area (Å²) in [7, 11) is 1.35. The summed E-state index contributed by atoms with van der Waals surface area (Å²) in [4.78, 5) is 28.1. The lowest BCUT2D eigenvalue weighted by atomic mass is 10.0. The summed E-state index contributed by atoms with van der Waals surface area (Å²) in [6, 6.07) is 31.6. The molecule has 0 atom stereocenters. The molecule has 0 saturated carbocycles. The van der Waals surface area contributed by atoms with Crippen LogP contribution in [0.5, 0.6) is 0 Å². The number of anilines is 1. The first kappa shape index (κ1) is 22.8. The molecule has 1 aliphatic rings. The van der Waals surface area contributed by atoms with Gasteiger partial charge < -0.3 is 15.2 Å². The van der Waals surface area contributed by atoms with Gasteiger partial charge in [0, 0.05) is 22.4 Å². The van der Waals surface area contributed by atoms with Gasteiger partial charge in [0.25, 0.3) is 0 Å². The van der Waals surface area contributed by atoms with Crippen molar-refractivity contribution >= 4 is 40.3 Å². The Balaban J connectivity index is 1.65. The lowest BCUT2D eigenvalue weighted by molar-refractivity contribution is 0.0600. The molecule has 36 heavy (non-hydrogen) atoms. The van der Waals surface area contributed by atoms with Gasteiger partial charge in [0.05, 0.1) is 35.3 Å². The number of carbonyl (C=O) groups excluding carboxylic acids is 1. The van der Waals surface area contributed by atoms with Gasteiger partial charge in [-0.05, 0) is 54.1 Å². The monoisotopic (exact) mass is 474 g/mol. The number of carboxylic acid groups (broad SMARTS) is 1. The Morgan fingerprint density at radius 3 is 2.00 bits per heavy atom. The molecule has 1 aliphatic carbocycles. The van der Waals surface area contributed by atoms with E-state index >= 15 is 0 Å². The van der Waals surface area contributed by atoms with Crippen molar-refractivity contribution in [1.82, 2.24) is 0 Å². The molecule has 4 aromatic carbocycles. The largest absolute Gasteiger partial charge is 0.478 e. The van der Waals surface area contributed by atoms with Gasteiger partial charge in [-0.3, -0.25) is 0 Å². The lowest BCUT2D eigenvalue weighted by Crippen LogP contribution is -2.03. The molecule has 0 fully saturated rings. The average molecular weight is 475 g/mol. The third-order valence-corrected chi connectivity index (χ3v) is 5.93. The first-order chi connectivity index (χ1) is 17.5. The minimum Gasteiger partial charge on any atom is -0.478 e. The number of carbonyl (C=O) groups is 2. The Labute approximate surface area is 208 Å². The van der Waals surface area contributed by atoms with Gasteiger partial charge in [-0.2, -0.15) is 0 Å². The zero-order valence-electron chi connectivity index (χ0n) is 19.4. The highest BCUT2D eigenvalue weighted by Gasteiger charge is 2.29. The number of nitrogens with zero attached hydrogens (tertiary/aromatic N) is 1. The van der Waals surface area contributed by atoms with Crippen LogP contribution < -0.4 is 5.32 Å². The third-order valence-electron chi connectivity index (χ3n) is 5.93. The predicted molar refractivity (Wildman–Crippen MR) is 141 cm³/mol. The minimum atomic E-state index is -0.968.